The van der Waals surface area contributed by atoms with E-state index < -0.39 is 0 Å². The number of rotatable bonds is 3. The largest absolute Gasteiger partial charge is 0.381 e. The molecule has 0 atom stereocenters. The molecule has 1 fully saturated rings. The van der Waals surface area contributed by atoms with Crippen molar-refractivity contribution in [1.82, 2.24) is 15.1 Å². The molecule has 0 amide bonds. The molecule has 2 radical (unpaired) electrons. The average Bonchev–Trinajstić information content (AvgIpc) is 2.06. The summed E-state index contributed by atoms with van der Waals surface area (Å²) in [6.45, 7) is 8.20. The highest BCUT2D eigenvalue weighted by Gasteiger charge is 2.13. The van der Waals surface area contributed by atoms with E-state index in [1.54, 1.807) is 0 Å². The summed E-state index contributed by atoms with van der Waals surface area (Å²) in [6.07, 6.45) is 0.463. The van der Waals surface area contributed by atoms with E-state index in [1.165, 1.54) is 0 Å². The number of piperazine rings is 1. The minimum atomic E-state index is 0.463. The van der Waals surface area contributed by atoms with E-state index in [0.717, 1.165) is 32.0 Å². The zero-order valence-electron chi connectivity index (χ0n) is 7.71. The summed E-state index contributed by atoms with van der Waals surface area (Å²) in [5, 5.41) is 3.02. The second-order valence-corrected chi connectivity index (χ2v) is 3.12. The fourth-order valence-electron chi connectivity index (χ4n) is 1.31. The van der Waals surface area contributed by atoms with Gasteiger partial charge in [-0.2, -0.15) is 0 Å². The van der Waals surface area contributed by atoms with Gasteiger partial charge in [-0.15, -0.1) is 0 Å². The molecule has 3 nitrogen and oxygen atoms in total. The maximum absolute atomic E-state index is 5.35. The first-order chi connectivity index (χ1) is 5.74. The molecular formula is C8H16BN3. The lowest BCUT2D eigenvalue weighted by Crippen LogP contribution is -2.46. The summed E-state index contributed by atoms with van der Waals surface area (Å²) >= 11 is 0. The maximum atomic E-state index is 5.35. The molecule has 66 valence electrons. The van der Waals surface area contributed by atoms with Crippen LogP contribution in [0.25, 0.3) is 0 Å². The smallest absolute Gasteiger partial charge is 0.0939 e. The van der Waals surface area contributed by atoms with Crippen LogP contribution in [-0.2, 0) is 0 Å². The average molecular weight is 165 g/mol. The molecular weight excluding hydrogens is 149 g/mol. The van der Waals surface area contributed by atoms with Gasteiger partial charge in [-0.3, -0.25) is 0 Å². The molecule has 1 saturated heterocycles. The minimum absolute atomic E-state index is 0.463. The predicted octanol–water partition coefficient (Wildman–Crippen LogP) is -0.579. The maximum Gasteiger partial charge on any atom is 0.0939 e. The van der Waals surface area contributed by atoms with Crippen molar-refractivity contribution >= 4 is 7.85 Å². The van der Waals surface area contributed by atoms with Crippen LogP contribution in [-0.4, -0.2) is 57.3 Å². The zero-order valence-corrected chi connectivity index (χ0v) is 7.71. The number of nitrogens with one attached hydrogen (secondary N) is 1. The highest BCUT2D eigenvalue weighted by Crippen LogP contribution is 2.03. The quantitative estimate of drug-likeness (QED) is 0.564. The molecule has 0 aromatic carbocycles. The van der Waals surface area contributed by atoms with E-state index in [-0.39, 0.29) is 0 Å². The summed E-state index contributed by atoms with van der Waals surface area (Å²) in [5.74, 6) is 0.950. The van der Waals surface area contributed by atoms with Gasteiger partial charge < -0.3 is 15.1 Å². The second kappa shape index (κ2) is 4.41. The molecule has 1 rings (SSSR count). The second-order valence-electron chi connectivity index (χ2n) is 3.12. The van der Waals surface area contributed by atoms with Gasteiger partial charge in [-0.25, -0.2) is 0 Å². The van der Waals surface area contributed by atoms with Crippen molar-refractivity contribution in [2.24, 2.45) is 0 Å². The summed E-state index contributed by atoms with van der Waals surface area (Å²) < 4.78 is 0. The standard InChI is InChI=1S/C8H16BN3/c1-8(10-7-9)12-5-3-11(2)4-6-12/h10H,1,3-7H2,2H3. The SMILES string of the molecule is [B]CNC(=C)N1CCN(C)CC1. The van der Waals surface area contributed by atoms with Gasteiger partial charge in [0, 0.05) is 26.2 Å². The van der Waals surface area contributed by atoms with Crippen molar-refractivity contribution in [2.75, 3.05) is 39.7 Å². The Bertz CT molecular complexity index is 152. The first-order valence-electron chi connectivity index (χ1n) is 4.30. The first-order valence-corrected chi connectivity index (χ1v) is 4.30. The fraction of sp³-hybridized carbons (Fsp3) is 0.750. The molecule has 0 aromatic rings. The van der Waals surface area contributed by atoms with Crippen LogP contribution in [0.5, 0.6) is 0 Å². The molecule has 12 heavy (non-hydrogen) atoms. The van der Waals surface area contributed by atoms with Crippen molar-refractivity contribution in [1.29, 1.82) is 0 Å². The van der Waals surface area contributed by atoms with E-state index in [2.05, 4.69) is 28.7 Å². The monoisotopic (exact) mass is 165 g/mol. The number of hydrogen-bond donors (Lipinski definition) is 1. The van der Waals surface area contributed by atoms with E-state index in [1.807, 2.05) is 0 Å². The third-order valence-corrected chi connectivity index (χ3v) is 2.19. The predicted molar refractivity (Wildman–Crippen MR) is 52.0 cm³/mol. The zero-order chi connectivity index (χ0) is 8.97. The number of nitrogens with zero attached hydrogens (tertiary/aromatic N) is 2. The Morgan fingerprint density at radius 3 is 2.50 bits per heavy atom. The van der Waals surface area contributed by atoms with Crippen LogP contribution >= 0.6 is 0 Å². The van der Waals surface area contributed by atoms with Crippen molar-refractivity contribution in [3.63, 3.8) is 0 Å². The minimum Gasteiger partial charge on any atom is -0.381 e. The molecule has 1 N–H and O–H groups in total. The molecule has 0 aliphatic carbocycles. The Balaban J connectivity index is 2.29. The molecule has 0 spiro atoms. The summed E-state index contributed by atoms with van der Waals surface area (Å²) in [4.78, 5) is 4.54. The van der Waals surface area contributed by atoms with Crippen molar-refractivity contribution in [3.8, 4) is 0 Å². The Hall–Kier alpha value is -0.635. The lowest BCUT2D eigenvalue weighted by molar-refractivity contribution is 0.180. The van der Waals surface area contributed by atoms with Crippen LogP contribution in [0.1, 0.15) is 0 Å². The van der Waals surface area contributed by atoms with Crippen LogP contribution in [0.2, 0.25) is 0 Å². The molecule has 4 heteroatoms. The van der Waals surface area contributed by atoms with Gasteiger partial charge >= 0.3 is 0 Å². The summed E-state index contributed by atoms with van der Waals surface area (Å²) in [5.41, 5.74) is 0. The highest BCUT2D eigenvalue weighted by molar-refractivity contribution is 6.08. The lowest BCUT2D eigenvalue weighted by atomic mass is 10.2. The highest BCUT2D eigenvalue weighted by atomic mass is 15.3. The van der Waals surface area contributed by atoms with Crippen LogP contribution in [0.3, 0.4) is 0 Å². The number of hydrogen-bond acceptors (Lipinski definition) is 3. The van der Waals surface area contributed by atoms with Crippen molar-refractivity contribution in [3.05, 3.63) is 12.4 Å². The van der Waals surface area contributed by atoms with E-state index in [4.69, 9.17) is 7.85 Å². The number of likely N-dealkylation sites (N-methyl/N-ethyl adjacent to an activating group) is 1. The third-order valence-electron chi connectivity index (χ3n) is 2.19. The van der Waals surface area contributed by atoms with Crippen LogP contribution in [0, 0.1) is 0 Å². The Labute approximate surface area is 75.8 Å². The third kappa shape index (κ3) is 2.45. The lowest BCUT2D eigenvalue weighted by Gasteiger charge is -2.35. The Morgan fingerprint density at radius 1 is 1.42 bits per heavy atom. The fourth-order valence-corrected chi connectivity index (χ4v) is 1.31. The van der Waals surface area contributed by atoms with Gasteiger partial charge in [-0.05, 0) is 13.5 Å². The molecule has 0 aromatic heterocycles. The van der Waals surface area contributed by atoms with Gasteiger partial charge in [-0.1, -0.05) is 6.58 Å². The molecule has 1 heterocycles. The van der Waals surface area contributed by atoms with E-state index in [9.17, 15) is 0 Å². The topological polar surface area (TPSA) is 18.5 Å². The Kier molecular flexibility index (Phi) is 3.47. The first kappa shape index (κ1) is 9.45. The van der Waals surface area contributed by atoms with Crippen molar-refractivity contribution in [2.45, 2.75) is 0 Å². The van der Waals surface area contributed by atoms with Gasteiger partial charge in [0.05, 0.1) is 13.7 Å². The van der Waals surface area contributed by atoms with Gasteiger partial charge in [0.15, 0.2) is 0 Å². The van der Waals surface area contributed by atoms with Crippen LogP contribution in [0.15, 0.2) is 12.4 Å². The molecule has 0 unspecified atom stereocenters. The molecule has 0 bridgehead atoms. The van der Waals surface area contributed by atoms with Crippen molar-refractivity contribution < 1.29 is 0 Å². The van der Waals surface area contributed by atoms with Crippen LogP contribution < -0.4 is 5.32 Å². The van der Waals surface area contributed by atoms with Gasteiger partial charge in [0.2, 0.25) is 0 Å². The summed E-state index contributed by atoms with van der Waals surface area (Å²) in [7, 11) is 7.49. The molecule has 0 saturated carbocycles. The van der Waals surface area contributed by atoms with Gasteiger partial charge in [0.1, 0.15) is 0 Å². The van der Waals surface area contributed by atoms with E-state index >= 15 is 0 Å². The Morgan fingerprint density at radius 2 is 2.00 bits per heavy atom. The van der Waals surface area contributed by atoms with E-state index in [0.29, 0.717) is 6.44 Å². The summed E-state index contributed by atoms with van der Waals surface area (Å²) in [6, 6.07) is 0. The normalized spacial score (nSPS) is 19.2. The molecule has 1 aliphatic rings. The molecule has 1 aliphatic heterocycles. The van der Waals surface area contributed by atoms with Gasteiger partial charge in [0.25, 0.3) is 0 Å². The van der Waals surface area contributed by atoms with Crippen LogP contribution in [0.4, 0.5) is 0 Å².